The van der Waals surface area contributed by atoms with Crippen LogP contribution in [-0.4, -0.2) is 5.33 Å². The molecule has 0 saturated carbocycles. The van der Waals surface area contributed by atoms with Gasteiger partial charge in [0.1, 0.15) is 0 Å². The van der Waals surface area contributed by atoms with Crippen molar-refractivity contribution in [2.24, 2.45) is 0 Å². The van der Waals surface area contributed by atoms with E-state index in [0.717, 1.165) is 5.33 Å². The molecule has 0 aliphatic carbocycles. The lowest BCUT2D eigenvalue weighted by Gasteiger charge is -1.96. The monoisotopic (exact) mass is 197 g/mol. The third kappa shape index (κ3) is 2.14. The summed E-state index contributed by atoms with van der Waals surface area (Å²) in [4.78, 5) is 0. The molecule has 1 aromatic carbocycles. The minimum absolute atomic E-state index is 0.927. The van der Waals surface area contributed by atoms with E-state index in [4.69, 9.17) is 0 Å². The second kappa shape index (κ2) is 3.77. The van der Waals surface area contributed by atoms with Crippen LogP contribution in [0.15, 0.2) is 24.3 Å². The largest absolute Gasteiger partial charge is 0.0921 e. The van der Waals surface area contributed by atoms with E-state index in [1.54, 1.807) is 0 Å². The highest BCUT2D eigenvalue weighted by atomic mass is 79.9. The van der Waals surface area contributed by atoms with Crippen molar-refractivity contribution >= 4 is 15.9 Å². The average molecular weight is 198 g/mol. The molecule has 10 heavy (non-hydrogen) atoms. The lowest BCUT2D eigenvalue weighted by molar-refractivity contribution is 1.39. The molecule has 53 valence electrons. The zero-order valence-electron chi connectivity index (χ0n) is 5.97. The van der Waals surface area contributed by atoms with Gasteiger partial charge in [0.25, 0.3) is 0 Å². The van der Waals surface area contributed by atoms with E-state index in [2.05, 4.69) is 53.5 Å². The Bertz CT molecular complexity index is 188. The van der Waals surface area contributed by atoms with Crippen molar-refractivity contribution in [3.8, 4) is 0 Å². The first-order valence-corrected chi connectivity index (χ1v) is 4.41. The second-order valence-corrected chi connectivity index (χ2v) is 2.92. The number of rotatable bonds is 2. The maximum absolute atomic E-state index is 3.35. The normalized spacial score (nSPS) is 9.80. The maximum atomic E-state index is 3.35. The van der Waals surface area contributed by atoms with Crippen LogP contribution >= 0.6 is 15.9 Å². The Labute approximate surface area is 70.4 Å². The molecule has 0 nitrogen and oxygen atoms in total. The molecular weight excluding hydrogens is 188 g/mol. The summed E-state index contributed by atoms with van der Waals surface area (Å²) in [5, 5.41) is 0.927. The quantitative estimate of drug-likeness (QED) is 0.641. The van der Waals surface area contributed by atoms with Gasteiger partial charge >= 0.3 is 0 Å². The van der Waals surface area contributed by atoms with Crippen molar-refractivity contribution in [1.82, 2.24) is 0 Å². The van der Waals surface area contributed by atoms with Crippen molar-refractivity contribution in [1.29, 1.82) is 0 Å². The van der Waals surface area contributed by atoms with Crippen molar-refractivity contribution in [3.63, 3.8) is 0 Å². The minimum atomic E-state index is 0.927. The third-order valence-electron chi connectivity index (χ3n) is 1.39. The van der Waals surface area contributed by atoms with Gasteiger partial charge in [-0.3, -0.25) is 0 Å². The molecule has 0 unspecified atom stereocenters. The molecule has 1 rings (SSSR count). The summed E-state index contributed by atoms with van der Waals surface area (Å²) in [7, 11) is 0. The first-order chi connectivity index (χ1) is 4.83. The summed E-state index contributed by atoms with van der Waals surface area (Å²) in [5.41, 5.74) is 2.59. The van der Waals surface area contributed by atoms with Crippen molar-refractivity contribution in [2.45, 2.75) is 6.92 Å². The summed E-state index contributed by atoms with van der Waals surface area (Å²) in [6.45, 7) is 2.10. The van der Waals surface area contributed by atoms with Crippen LogP contribution in [0.25, 0.3) is 0 Å². The Kier molecular flexibility index (Phi) is 2.94. The van der Waals surface area contributed by atoms with Crippen LogP contribution in [-0.2, 0) is 0 Å². The van der Waals surface area contributed by atoms with Crippen LogP contribution in [0.3, 0.4) is 0 Å². The van der Waals surface area contributed by atoms with Gasteiger partial charge < -0.3 is 0 Å². The molecule has 1 radical (unpaired) electrons. The lowest BCUT2D eigenvalue weighted by Crippen LogP contribution is -1.81. The van der Waals surface area contributed by atoms with Gasteiger partial charge in [0, 0.05) is 11.8 Å². The Hall–Kier alpha value is -0.300. The number of halogens is 1. The van der Waals surface area contributed by atoms with Gasteiger partial charge in [0.2, 0.25) is 0 Å². The Morgan fingerprint density at radius 1 is 1.30 bits per heavy atom. The molecule has 0 saturated heterocycles. The fourth-order valence-electron chi connectivity index (χ4n) is 0.792. The smallest absolute Gasteiger partial charge is 0.0106 e. The Balaban J connectivity index is 2.69. The minimum Gasteiger partial charge on any atom is -0.0921 e. The number of hydrogen-bond donors (Lipinski definition) is 0. The Morgan fingerprint density at radius 3 is 2.40 bits per heavy atom. The first-order valence-electron chi connectivity index (χ1n) is 3.29. The molecule has 0 bridgehead atoms. The number of hydrogen-bond acceptors (Lipinski definition) is 0. The predicted molar refractivity (Wildman–Crippen MR) is 48.4 cm³/mol. The summed E-state index contributed by atoms with van der Waals surface area (Å²) in [6, 6.07) is 8.48. The molecular formula is C9H10Br. The van der Waals surface area contributed by atoms with Crippen LogP contribution in [0.2, 0.25) is 0 Å². The van der Waals surface area contributed by atoms with Crippen molar-refractivity contribution in [3.05, 3.63) is 41.8 Å². The first kappa shape index (κ1) is 7.80. The number of aryl methyl sites for hydroxylation is 1. The molecule has 0 heterocycles. The van der Waals surface area contributed by atoms with E-state index in [-0.39, 0.29) is 0 Å². The number of benzene rings is 1. The molecule has 0 amide bonds. The van der Waals surface area contributed by atoms with Crippen LogP contribution in [0, 0.1) is 13.3 Å². The van der Waals surface area contributed by atoms with Crippen LogP contribution in [0.5, 0.6) is 0 Å². The molecule has 0 fully saturated rings. The lowest BCUT2D eigenvalue weighted by atomic mass is 10.1. The van der Waals surface area contributed by atoms with E-state index in [0.29, 0.717) is 0 Å². The summed E-state index contributed by atoms with van der Waals surface area (Å²) in [5.74, 6) is 0. The zero-order valence-corrected chi connectivity index (χ0v) is 7.56. The van der Waals surface area contributed by atoms with Gasteiger partial charge in [0.15, 0.2) is 0 Å². The van der Waals surface area contributed by atoms with Crippen molar-refractivity contribution in [2.75, 3.05) is 5.33 Å². The molecule has 1 heteroatoms. The Morgan fingerprint density at radius 2 is 1.90 bits per heavy atom. The molecule has 0 spiro atoms. The zero-order chi connectivity index (χ0) is 7.40. The number of alkyl halides is 1. The van der Waals surface area contributed by atoms with E-state index in [9.17, 15) is 0 Å². The molecule has 0 aromatic heterocycles. The van der Waals surface area contributed by atoms with E-state index in [1.807, 2.05) is 0 Å². The van der Waals surface area contributed by atoms with Gasteiger partial charge in [-0.15, -0.1) is 0 Å². The summed E-state index contributed by atoms with van der Waals surface area (Å²) in [6.07, 6.45) is 2.14. The molecule has 1 aromatic rings. The highest BCUT2D eigenvalue weighted by Crippen LogP contribution is 2.06. The molecule has 0 atom stereocenters. The average Bonchev–Trinajstić information content (AvgIpc) is 1.95. The molecule has 0 N–H and O–H groups in total. The fraction of sp³-hybridized carbons (Fsp3) is 0.222. The molecule has 0 aliphatic heterocycles. The van der Waals surface area contributed by atoms with Gasteiger partial charge in [-0.2, -0.15) is 0 Å². The third-order valence-corrected chi connectivity index (χ3v) is 1.71. The second-order valence-electron chi connectivity index (χ2n) is 2.27. The summed E-state index contributed by atoms with van der Waals surface area (Å²) >= 11 is 3.35. The highest BCUT2D eigenvalue weighted by molar-refractivity contribution is 9.09. The van der Waals surface area contributed by atoms with E-state index in [1.165, 1.54) is 11.1 Å². The standard InChI is InChI=1S/C9H10Br/c1-8-2-4-9(5-3-8)6-7-10/h2-6H,7H2,1H3. The summed E-state index contributed by atoms with van der Waals surface area (Å²) < 4.78 is 0. The van der Waals surface area contributed by atoms with Gasteiger partial charge in [0.05, 0.1) is 0 Å². The van der Waals surface area contributed by atoms with Crippen molar-refractivity contribution < 1.29 is 0 Å². The molecule has 0 aliphatic rings. The van der Waals surface area contributed by atoms with E-state index < -0.39 is 0 Å². The maximum Gasteiger partial charge on any atom is 0.0106 e. The topological polar surface area (TPSA) is 0 Å². The van der Waals surface area contributed by atoms with Gasteiger partial charge in [-0.05, 0) is 12.5 Å². The van der Waals surface area contributed by atoms with E-state index >= 15 is 0 Å². The van der Waals surface area contributed by atoms with Gasteiger partial charge in [-0.25, -0.2) is 0 Å². The van der Waals surface area contributed by atoms with Crippen LogP contribution in [0.4, 0.5) is 0 Å². The highest BCUT2D eigenvalue weighted by Gasteiger charge is 1.89. The fourth-order valence-corrected chi connectivity index (χ4v) is 1.17. The van der Waals surface area contributed by atoms with Crippen LogP contribution in [0.1, 0.15) is 11.1 Å². The SMILES string of the molecule is Cc1ccc([CH]CBr)cc1. The van der Waals surface area contributed by atoms with Gasteiger partial charge in [-0.1, -0.05) is 45.8 Å². The predicted octanol–water partition coefficient (Wildman–Crippen LogP) is 2.94. The van der Waals surface area contributed by atoms with Crippen LogP contribution < -0.4 is 0 Å².